The van der Waals surface area contributed by atoms with E-state index in [1.54, 1.807) is 0 Å². The molecule has 1 aromatic carbocycles. The molecule has 0 saturated heterocycles. The van der Waals surface area contributed by atoms with Gasteiger partial charge in [-0.15, -0.1) is 0 Å². The Morgan fingerprint density at radius 1 is 1.24 bits per heavy atom. The van der Waals surface area contributed by atoms with E-state index in [4.69, 9.17) is 0 Å². The van der Waals surface area contributed by atoms with Gasteiger partial charge in [-0.3, -0.25) is 0 Å². The molecule has 0 heterocycles. The number of halogens is 1. The predicted molar refractivity (Wildman–Crippen MR) is 79.7 cm³/mol. The maximum atomic E-state index is 3.67. The van der Waals surface area contributed by atoms with Crippen LogP contribution in [0.3, 0.4) is 0 Å². The van der Waals surface area contributed by atoms with E-state index >= 15 is 0 Å². The van der Waals surface area contributed by atoms with E-state index in [1.165, 1.54) is 15.7 Å². The van der Waals surface area contributed by atoms with Gasteiger partial charge in [0, 0.05) is 30.1 Å². The number of anilines is 1. The van der Waals surface area contributed by atoms with Crippen LogP contribution in [0.1, 0.15) is 33.3 Å². The zero-order valence-electron chi connectivity index (χ0n) is 11.3. The van der Waals surface area contributed by atoms with Crippen LogP contribution in [0.15, 0.2) is 22.7 Å². The minimum absolute atomic E-state index is 0.524. The highest BCUT2D eigenvalue weighted by atomic mass is 79.9. The van der Waals surface area contributed by atoms with Crippen LogP contribution < -0.4 is 10.2 Å². The van der Waals surface area contributed by atoms with Gasteiger partial charge in [-0.25, -0.2) is 0 Å². The van der Waals surface area contributed by atoms with Gasteiger partial charge in [0.25, 0.3) is 0 Å². The van der Waals surface area contributed by atoms with Gasteiger partial charge in [-0.05, 0) is 47.5 Å². The molecule has 0 unspecified atom stereocenters. The van der Waals surface area contributed by atoms with Crippen LogP contribution >= 0.6 is 15.9 Å². The van der Waals surface area contributed by atoms with Crippen molar-refractivity contribution in [2.45, 2.75) is 40.3 Å². The summed E-state index contributed by atoms with van der Waals surface area (Å²) in [4.78, 5) is 2.35. The third-order valence-electron chi connectivity index (χ3n) is 2.83. The van der Waals surface area contributed by atoms with E-state index in [1.807, 2.05) is 0 Å². The quantitative estimate of drug-likeness (QED) is 0.859. The molecule has 0 radical (unpaired) electrons. The van der Waals surface area contributed by atoms with Crippen LogP contribution in [0.2, 0.25) is 0 Å². The smallest absolute Gasteiger partial charge is 0.0510 e. The van der Waals surface area contributed by atoms with Gasteiger partial charge < -0.3 is 10.2 Å². The Balaban J connectivity index is 2.78. The minimum atomic E-state index is 0.524. The standard InChI is InChI=1S/C14H23BrN2/c1-5-17(6-2)14-8-7-12(9-13(14)15)10-16-11(3)4/h7-9,11,16H,5-6,10H2,1-4H3. The number of hydrogen-bond acceptors (Lipinski definition) is 2. The predicted octanol–water partition coefficient (Wildman–Crippen LogP) is 3.79. The van der Waals surface area contributed by atoms with E-state index in [0.29, 0.717) is 6.04 Å². The zero-order valence-corrected chi connectivity index (χ0v) is 12.8. The third-order valence-corrected chi connectivity index (χ3v) is 3.47. The van der Waals surface area contributed by atoms with E-state index < -0.39 is 0 Å². The maximum absolute atomic E-state index is 3.67. The Hall–Kier alpha value is -0.540. The minimum Gasteiger partial charge on any atom is -0.371 e. The van der Waals surface area contributed by atoms with Gasteiger partial charge in [0.2, 0.25) is 0 Å². The Kier molecular flexibility index (Phi) is 6.00. The first-order valence-corrected chi connectivity index (χ1v) is 7.14. The van der Waals surface area contributed by atoms with Crippen molar-refractivity contribution in [1.82, 2.24) is 5.32 Å². The molecular weight excluding hydrogens is 276 g/mol. The summed E-state index contributed by atoms with van der Waals surface area (Å²) in [6.07, 6.45) is 0. The van der Waals surface area contributed by atoms with Crippen molar-refractivity contribution in [1.29, 1.82) is 0 Å². The molecule has 0 atom stereocenters. The lowest BCUT2D eigenvalue weighted by Gasteiger charge is -2.23. The van der Waals surface area contributed by atoms with Crippen molar-refractivity contribution in [3.8, 4) is 0 Å². The molecule has 0 aliphatic rings. The highest BCUT2D eigenvalue weighted by Crippen LogP contribution is 2.27. The van der Waals surface area contributed by atoms with Crippen molar-refractivity contribution in [2.75, 3.05) is 18.0 Å². The molecule has 2 nitrogen and oxygen atoms in total. The summed E-state index contributed by atoms with van der Waals surface area (Å²) in [7, 11) is 0. The SMILES string of the molecule is CCN(CC)c1ccc(CNC(C)C)cc1Br. The van der Waals surface area contributed by atoms with Crippen molar-refractivity contribution >= 4 is 21.6 Å². The van der Waals surface area contributed by atoms with E-state index in [2.05, 4.69) is 72.0 Å². The molecule has 1 rings (SSSR count). The number of nitrogens with one attached hydrogen (secondary N) is 1. The first kappa shape index (κ1) is 14.5. The highest BCUT2D eigenvalue weighted by molar-refractivity contribution is 9.10. The second-order valence-corrected chi connectivity index (χ2v) is 5.35. The Bertz CT molecular complexity index is 346. The largest absolute Gasteiger partial charge is 0.371 e. The summed E-state index contributed by atoms with van der Waals surface area (Å²) in [6, 6.07) is 7.14. The second kappa shape index (κ2) is 7.02. The summed E-state index contributed by atoms with van der Waals surface area (Å²) in [5.41, 5.74) is 2.60. The van der Waals surface area contributed by atoms with Gasteiger partial charge in [0.05, 0.1) is 5.69 Å². The van der Waals surface area contributed by atoms with Gasteiger partial charge in [-0.1, -0.05) is 19.9 Å². The first-order chi connectivity index (χ1) is 8.08. The highest BCUT2D eigenvalue weighted by Gasteiger charge is 2.07. The zero-order chi connectivity index (χ0) is 12.8. The van der Waals surface area contributed by atoms with Gasteiger partial charge >= 0.3 is 0 Å². The van der Waals surface area contributed by atoms with E-state index in [0.717, 1.165) is 19.6 Å². The molecule has 0 fully saturated rings. The fraction of sp³-hybridized carbons (Fsp3) is 0.571. The first-order valence-electron chi connectivity index (χ1n) is 6.35. The number of nitrogens with zero attached hydrogens (tertiary/aromatic N) is 1. The molecule has 0 amide bonds. The van der Waals surface area contributed by atoms with Gasteiger partial charge in [-0.2, -0.15) is 0 Å². The molecule has 3 heteroatoms. The van der Waals surface area contributed by atoms with Crippen LogP contribution in [-0.4, -0.2) is 19.1 Å². The summed E-state index contributed by atoms with van der Waals surface area (Å²) < 4.78 is 1.18. The Morgan fingerprint density at radius 2 is 1.88 bits per heavy atom. The van der Waals surface area contributed by atoms with Crippen molar-refractivity contribution < 1.29 is 0 Å². The third kappa shape index (κ3) is 4.32. The molecule has 0 aromatic heterocycles. The van der Waals surface area contributed by atoms with E-state index in [-0.39, 0.29) is 0 Å². The molecular formula is C14H23BrN2. The second-order valence-electron chi connectivity index (χ2n) is 4.49. The molecule has 0 bridgehead atoms. The lowest BCUT2D eigenvalue weighted by Crippen LogP contribution is -2.23. The van der Waals surface area contributed by atoms with Crippen LogP contribution in [0, 0.1) is 0 Å². The van der Waals surface area contributed by atoms with Crippen LogP contribution in [0.25, 0.3) is 0 Å². The number of hydrogen-bond donors (Lipinski definition) is 1. The van der Waals surface area contributed by atoms with Crippen molar-refractivity contribution in [2.24, 2.45) is 0 Å². The van der Waals surface area contributed by atoms with Crippen molar-refractivity contribution in [3.63, 3.8) is 0 Å². The van der Waals surface area contributed by atoms with Crippen LogP contribution in [-0.2, 0) is 6.54 Å². The molecule has 0 saturated carbocycles. The summed E-state index contributed by atoms with van der Waals surface area (Å²) in [6.45, 7) is 11.7. The normalized spacial score (nSPS) is 10.9. The topological polar surface area (TPSA) is 15.3 Å². The molecule has 96 valence electrons. The van der Waals surface area contributed by atoms with Gasteiger partial charge in [0.15, 0.2) is 0 Å². The lowest BCUT2D eigenvalue weighted by molar-refractivity contribution is 0.588. The van der Waals surface area contributed by atoms with Gasteiger partial charge in [0.1, 0.15) is 0 Å². The number of rotatable bonds is 6. The number of benzene rings is 1. The molecule has 1 aromatic rings. The molecule has 0 aliphatic carbocycles. The van der Waals surface area contributed by atoms with Crippen LogP contribution in [0.5, 0.6) is 0 Å². The Morgan fingerprint density at radius 3 is 2.35 bits per heavy atom. The molecule has 0 aliphatic heterocycles. The maximum Gasteiger partial charge on any atom is 0.0510 e. The lowest BCUT2D eigenvalue weighted by atomic mass is 10.2. The average Bonchev–Trinajstić information content (AvgIpc) is 2.30. The van der Waals surface area contributed by atoms with Crippen molar-refractivity contribution in [3.05, 3.63) is 28.2 Å². The monoisotopic (exact) mass is 298 g/mol. The molecule has 0 spiro atoms. The average molecular weight is 299 g/mol. The fourth-order valence-electron chi connectivity index (χ4n) is 1.80. The summed E-state index contributed by atoms with van der Waals surface area (Å²) >= 11 is 3.67. The fourth-order valence-corrected chi connectivity index (χ4v) is 2.48. The molecule has 1 N–H and O–H groups in total. The molecule has 17 heavy (non-hydrogen) atoms. The summed E-state index contributed by atoms with van der Waals surface area (Å²) in [5.74, 6) is 0. The van der Waals surface area contributed by atoms with E-state index in [9.17, 15) is 0 Å². The van der Waals surface area contributed by atoms with Crippen LogP contribution in [0.4, 0.5) is 5.69 Å². The summed E-state index contributed by atoms with van der Waals surface area (Å²) in [5, 5.41) is 3.43. The Labute approximate surface area is 114 Å².